The van der Waals surface area contributed by atoms with E-state index in [1.54, 1.807) is 0 Å². The van der Waals surface area contributed by atoms with Crippen LogP contribution in [0, 0.1) is 12.3 Å². The van der Waals surface area contributed by atoms with Crippen LogP contribution in [0.5, 0.6) is 0 Å². The molecule has 0 saturated carbocycles. The minimum Gasteiger partial charge on any atom is -0.349 e. The van der Waals surface area contributed by atoms with E-state index >= 15 is 0 Å². The highest BCUT2D eigenvalue weighted by molar-refractivity contribution is 5.85. The van der Waals surface area contributed by atoms with Crippen LogP contribution in [-0.4, -0.2) is 12.5 Å². The third-order valence-electron chi connectivity index (χ3n) is 2.92. The zero-order chi connectivity index (χ0) is 13.8. The Morgan fingerprint density at radius 2 is 2.00 bits per heavy atom. The number of hydrogen-bond acceptors (Lipinski definition) is 2. The molecule has 1 amide bonds. The molecule has 0 bridgehead atoms. The van der Waals surface area contributed by atoms with Crippen molar-refractivity contribution in [2.75, 3.05) is 6.54 Å². The van der Waals surface area contributed by atoms with Gasteiger partial charge in [0.1, 0.15) is 0 Å². The van der Waals surface area contributed by atoms with E-state index in [0.29, 0.717) is 13.0 Å². The number of amides is 1. The van der Waals surface area contributed by atoms with Crippen molar-refractivity contribution < 1.29 is 4.79 Å². The summed E-state index contributed by atoms with van der Waals surface area (Å²) in [5.74, 6) is 0.0129. The van der Waals surface area contributed by atoms with Gasteiger partial charge in [-0.25, -0.2) is 0 Å². The lowest BCUT2D eigenvalue weighted by Gasteiger charge is -2.32. The van der Waals surface area contributed by atoms with Crippen LogP contribution < -0.4 is 11.1 Å². The van der Waals surface area contributed by atoms with Gasteiger partial charge in [-0.1, -0.05) is 50.6 Å². The summed E-state index contributed by atoms with van der Waals surface area (Å²) in [5, 5.41) is 3.08. The largest absolute Gasteiger partial charge is 0.349 e. The van der Waals surface area contributed by atoms with Crippen molar-refractivity contribution in [2.24, 2.45) is 11.1 Å². The van der Waals surface area contributed by atoms with E-state index in [1.165, 1.54) is 5.56 Å². The van der Waals surface area contributed by atoms with Gasteiger partial charge in [0.25, 0.3) is 0 Å². The average molecular weight is 285 g/mol. The lowest BCUT2D eigenvalue weighted by Crippen LogP contribution is -2.37. The van der Waals surface area contributed by atoms with Crippen LogP contribution in [-0.2, 0) is 4.79 Å². The molecule has 0 aliphatic rings. The second-order valence-corrected chi connectivity index (χ2v) is 5.82. The zero-order valence-electron chi connectivity index (χ0n) is 12.2. The molecule has 0 aromatic heterocycles. The van der Waals surface area contributed by atoms with Crippen LogP contribution in [0.15, 0.2) is 24.3 Å². The van der Waals surface area contributed by atoms with Crippen molar-refractivity contribution in [1.82, 2.24) is 5.32 Å². The van der Waals surface area contributed by atoms with E-state index in [0.717, 1.165) is 5.56 Å². The molecule has 0 heterocycles. The highest BCUT2D eigenvalue weighted by Gasteiger charge is 2.27. The first-order valence-corrected chi connectivity index (χ1v) is 6.40. The Labute approximate surface area is 122 Å². The van der Waals surface area contributed by atoms with E-state index in [-0.39, 0.29) is 29.8 Å². The van der Waals surface area contributed by atoms with Gasteiger partial charge in [-0.05, 0) is 17.9 Å². The van der Waals surface area contributed by atoms with Gasteiger partial charge in [-0.15, -0.1) is 12.4 Å². The molecule has 1 aromatic rings. The Kier molecular flexibility index (Phi) is 7.09. The first kappa shape index (κ1) is 17.9. The van der Waals surface area contributed by atoms with E-state index in [9.17, 15) is 4.79 Å². The molecule has 0 fully saturated rings. The van der Waals surface area contributed by atoms with Crippen molar-refractivity contribution in [1.29, 1.82) is 0 Å². The van der Waals surface area contributed by atoms with Gasteiger partial charge in [0.05, 0.1) is 6.04 Å². The van der Waals surface area contributed by atoms with Gasteiger partial charge in [0.15, 0.2) is 0 Å². The number of rotatable bonds is 4. The molecule has 108 valence electrons. The number of benzene rings is 1. The smallest absolute Gasteiger partial charge is 0.221 e. The Morgan fingerprint density at radius 1 is 1.37 bits per heavy atom. The normalized spacial score (nSPS) is 12.5. The number of nitrogens with one attached hydrogen (secondary N) is 1. The summed E-state index contributed by atoms with van der Waals surface area (Å²) >= 11 is 0. The quantitative estimate of drug-likeness (QED) is 0.893. The monoisotopic (exact) mass is 284 g/mol. The fourth-order valence-corrected chi connectivity index (χ4v) is 2.01. The second-order valence-electron chi connectivity index (χ2n) is 5.82. The van der Waals surface area contributed by atoms with E-state index < -0.39 is 0 Å². The molecule has 1 aromatic carbocycles. The second kappa shape index (κ2) is 7.51. The molecule has 1 unspecified atom stereocenters. The molecule has 3 N–H and O–H groups in total. The zero-order valence-corrected chi connectivity index (χ0v) is 13.0. The summed E-state index contributed by atoms with van der Waals surface area (Å²) in [6.07, 6.45) is 0.373. The van der Waals surface area contributed by atoms with E-state index in [1.807, 2.05) is 6.07 Å². The molecule has 0 spiro atoms. The van der Waals surface area contributed by atoms with Gasteiger partial charge in [-0.2, -0.15) is 0 Å². The maximum atomic E-state index is 11.8. The fourth-order valence-electron chi connectivity index (χ4n) is 2.01. The third kappa shape index (κ3) is 5.62. The third-order valence-corrected chi connectivity index (χ3v) is 2.92. The standard InChI is InChI=1S/C15H24N2O.ClH/c1-11-6-5-7-12(10-11)14(15(2,3)4)17-13(18)8-9-16;/h5-7,10,14H,8-9,16H2,1-4H3,(H,17,18);1H. The Balaban J connectivity index is 0.00000324. The molecule has 1 atom stereocenters. The van der Waals surface area contributed by atoms with Gasteiger partial charge < -0.3 is 11.1 Å². The van der Waals surface area contributed by atoms with Crippen LogP contribution in [0.3, 0.4) is 0 Å². The van der Waals surface area contributed by atoms with Gasteiger partial charge in [-0.3, -0.25) is 4.79 Å². The topological polar surface area (TPSA) is 55.1 Å². The highest BCUT2D eigenvalue weighted by atomic mass is 35.5. The maximum Gasteiger partial charge on any atom is 0.221 e. The highest BCUT2D eigenvalue weighted by Crippen LogP contribution is 2.33. The predicted molar refractivity (Wildman–Crippen MR) is 82.4 cm³/mol. The average Bonchev–Trinajstić information content (AvgIpc) is 2.24. The molecule has 3 nitrogen and oxygen atoms in total. The molecular weight excluding hydrogens is 260 g/mol. The molecule has 0 aliphatic carbocycles. The first-order valence-electron chi connectivity index (χ1n) is 6.40. The number of nitrogens with two attached hydrogens (primary N) is 1. The summed E-state index contributed by atoms with van der Waals surface area (Å²) < 4.78 is 0. The SMILES string of the molecule is Cc1cccc(C(NC(=O)CCN)C(C)(C)C)c1.Cl. The fraction of sp³-hybridized carbons (Fsp3) is 0.533. The van der Waals surface area contributed by atoms with Crippen molar-refractivity contribution >= 4 is 18.3 Å². The minimum absolute atomic E-state index is 0. The molecule has 19 heavy (non-hydrogen) atoms. The van der Waals surface area contributed by atoms with E-state index in [2.05, 4.69) is 51.2 Å². The number of carbonyl (C=O) groups excluding carboxylic acids is 1. The predicted octanol–water partition coefficient (Wildman–Crippen LogP) is 2.97. The van der Waals surface area contributed by atoms with Crippen LogP contribution in [0.2, 0.25) is 0 Å². The Bertz CT molecular complexity index is 413. The van der Waals surface area contributed by atoms with Gasteiger partial charge >= 0.3 is 0 Å². The summed E-state index contributed by atoms with van der Waals surface area (Å²) in [6.45, 7) is 8.83. The van der Waals surface area contributed by atoms with Gasteiger partial charge in [0, 0.05) is 13.0 Å². The molecule has 4 heteroatoms. The van der Waals surface area contributed by atoms with Gasteiger partial charge in [0.2, 0.25) is 5.91 Å². The van der Waals surface area contributed by atoms with Crippen molar-refractivity contribution in [3.05, 3.63) is 35.4 Å². The number of carbonyl (C=O) groups is 1. The molecule has 0 radical (unpaired) electrons. The van der Waals surface area contributed by atoms with Crippen LogP contribution in [0.25, 0.3) is 0 Å². The lowest BCUT2D eigenvalue weighted by molar-refractivity contribution is -0.122. The molecule has 0 aliphatic heterocycles. The van der Waals surface area contributed by atoms with Crippen LogP contribution >= 0.6 is 12.4 Å². The van der Waals surface area contributed by atoms with Crippen LogP contribution in [0.1, 0.15) is 44.4 Å². The summed E-state index contributed by atoms with van der Waals surface area (Å²) in [6, 6.07) is 8.28. The van der Waals surface area contributed by atoms with Crippen LogP contribution in [0.4, 0.5) is 0 Å². The summed E-state index contributed by atoms with van der Waals surface area (Å²) in [7, 11) is 0. The summed E-state index contributed by atoms with van der Waals surface area (Å²) in [4.78, 5) is 11.8. The first-order chi connectivity index (χ1) is 8.34. The number of halogens is 1. The van der Waals surface area contributed by atoms with Crippen molar-refractivity contribution in [2.45, 2.75) is 40.2 Å². The van der Waals surface area contributed by atoms with Crippen molar-refractivity contribution in [3.8, 4) is 0 Å². The number of aryl methyl sites for hydroxylation is 1. The molecule has 1 rings (SSSR count). The minimum atomic E-state index is -0.0297. The Hall–Kier alpha value is -1.06. The molecular formula is C15H25ClN2O. The maximum absolute atomic E-state index is 11.8. The Morgan fingerprint density at radius 3 is 2.47 bits per heavy atom. The molecule has 0 saturated heterocycles. The van der Waals surface area contributed by atoms with Crippen molar-refractivity contribution in [3.63, 3.8) is 0 Å². The number of hydrogen-bond donors (Lipinski definition) is 2. The van der Waals surface area contributed by atoms with E-state index in [4.69, 9.17) is 5.73 Å². The summed E-state index contributed by atoms with van der Waals surface area (Å²) in [5.41, 5.74) is 7.74. The lowest BCUT2D eigenvalue weighted by atomic mass is 9.82.